The van der Waals surface area contributed by atoms with Gasteiger partial charge < -0.3 is 9.67 Å². The van der Waals surface area contributed by atoms with Gasteiger partial charge in [-0.15, -0.1) is 0 Å². The van der Waals surface area contributed by atoms with Crippen molar-refractivity contribution in [2.75, 3.05) is 0 Å². The summed E-state index contributed by atoms with van der Waals surface area (Å²) in [4.78, 5) is 15.7. The lowest BCUT2D eigenvalue weighted by atomic mass is 10.1. The number of rotatable bonds is 4. The molecule has 118 valence electrons. The highest BCUT2D eigenvalue weighted by Gasteiger charge is 2.15. The molecule has 5 heteroatoms. The van der Waals surface area contributed by atoms with Crippen LogP contribution in [-0.2, 0) is 6.54 Å². The molecule has 0 atom stereocenters. The van der Waals surface area contributed by atoms with Crippen LogP contribution in [0.5, 0.6) is 0 Å². The molecule has 0 aliphatic heterocycles. The van der Waals surface area contributed by atoms with Gasteiger partial charge in [-0.2, -0.15) is 0 Å². The molecular formula is C18H17FN2O2. The summed E-state index contributed by atoms with van der Waals surface area (Å²) in [6, 6.07) is 11.4. The van der Waals surface area contributed by atoms with Crippen molar-refractivity contribution in [3.8, 4) is 0 Å². The molecule has 0 radical (unpaired) electrons. The van der Waals surface area contributed by atoms with E-state index < -0.39 is 5.97 Å². The molecule has 4 nitrogen and oxygen atoms in total. The van der Waals surface area contributed by atoms with E-state index in [1.165, 1.54) is 12.1 Å². The first-order valence-electron chi connectivity index (χ1n) is 7.43. The maximum Gasteiger partial charge on any atom is 0.335 e. The van der Waals surface area contributed by atoms with Gasteiger partial charge in [0.1, 0.15) is 11.6 Å². The molecule has 0 saturated heterocycles. The molecule has 23 heavy (non-hydrogen) atoms. The van der Waals surface area contributed by atoms with Gasteiger partial charge in [0.25, 0.3) is 0 Å². The lowest BCUT2D eigenvalue weighted by molar-refractivity contribution is 0.0697. The first-order chi connectivity index (χ1) is 11.0. The Morgan fingerprint density at radius 2 is 2.04 bits per heavy atom. The van der Waals surface area contributed by atoms with Crippen LogP contribution in [0.4, 0.5) is 4.39 Å². The van der Waals surface area contributed by atoms with Gasteiger partial charge in [0.15, 0.2) is 0 Å². The number of nitrogens with zero attached hydrogens (tertiary/aromatic N) is 2. The molecule has 1 aromatic heterocycles. The second kappa shape index (κ2) is 5.83. The topological polar surface area (TPSA) is 55.1 Å². The van der Waals surface area contributed by atoms with Crippen molar-refractivity contribution in [1.82, 2.24) is 9.55 Å². The molecule has 0 spiro atoms. The summed E-state index contributed by atoms with van der Waals surface area (Å²) >= 11 is 0. The molecule has 0 aliphatic carbocycles. The zero-order valence-electron chi connectivity index (χ0n) is 13.0. The van der Waals surface area contributed by atoms with E-state index in [1.54, 1.807) is 24.3 Å². The largest absolute Gasteiger partial charge is 0.478 e. The molecule has 0 amide bonds. The Hall–Kier alpha value is -2.69. The highest BCUT2D eigenvalue weighted by Crippen LogP contribution is 2.24. The van der Waals surface area contributed by atoms with Gasteiger partial charge >= 0.3 is 5.97 Å². The van der Waals surface area contributed by atoms with E-state index in [0.717, 1.165) is 16.9 Å². The lowest BCUT2D eigenvalue weighted by Gasteiger charge is -2.11. The molecule has 2 aromatic carbocycles. The zero-order chi connectivity index (χ0) is 16.6. The van der Waals surface area contributed by atoms with Gasteiger partial charge in [0.05, 0.1) is 16.6 Å². The number of imidazole rings is 1. The second-order valence-corrected chi connectivity index (χ2v) is 5.85. The fraction of sp³-hybridized carbons (Fsp3) is 0.222. The van der Waals surface area contributed by atoms with Crippen LogP contribution in [0.25, 0.3) is 11.0 Å². The molecule has 0 aliphatic rings. The van der Waals surface area contributed by atoms with Gasteiger partial charge in [-0.1, -0.05) is 26.0 Å². The first kappa shape index (κ1) is 15.2. The van der Waals surface area contributed by atoms with Crippen molar-refractivity contribution in [3.63, 3.8) is 0 Å². The Labute approximate surface area is 133 Å². The minimum Gasteiger partial charge on any atom is -0.478 e. The zero-order valence-corrected chi connectivity index (χ0v) is 13.0. The lowest BCUT2D eigenvalue weighted by Crippen LogP contribution is -2.07. The number of carboxylic acid groups (broad SMARTS) is 1. The third-order valence-corrected chi connectivity index (χ3v) is 3.77. The van der Waals surface area contributed by atoms with E-state index in [4.69, 9.17) is 5.11 Å². The van der Waals surface area contributed by atoms with Crippen LogP contribution < -0.4 is 0 Å². The Kier molecular flexibility index (Phi) is 3.86. The number of benzene rings is 2. The van der Waals surface area contributed by atoms with E-state index in [1.807, 2.05) is 24.5 Å². The minimum absolute atomic E-state index is 0.171. The van der Waals surface area contributed by atoms with Crippen molar-refractivity contribution in [2.45, 2.75) is 26.3 Å². The summed E-state index contributed by atoms with van der Waals surface area (Å²) in [5, 5.41) is 9.12. The van der Waals surface area contributed by atoms with Crippen molar-refractivity contribution in [1.29, 1.82) is 0 Å². The van der Waals surface area contributed by atoms with Crippen molar-refractivity contribution < 1.29 is 14.3 Å². The van der Waals surface area contributed by atoms with Crippen molar-refractivity contribution in [3.05, 3.63) is 65.2 Å². The predicted molar refractivity (Wildman–Crippen MR) is 86.3 cm³/mol. The van der Waals surface area contributed by atoms with Crippen molar-refractivity contribution in [2.24, 2.45) is 0 Å². The highest BCUT2D eigenvalue weighted by atomic mass is 19.1. The monoisotopic (exact) mass is 312 g/mol. The number of aromatic nitrogens is 2. The Morgan fingerprint density at radius 1 is 1.26 bits per heavy atom. The van der Waals surface area contributed by atoms with Gasteiger partial charge in [-0.25, -0.2) is 14.2 Å². The van der Waals surface area contributed by atoms with Crippen LogP contribution >= 0.6 is 0 Å². The number of aromatic carboxylic acids is 1. The van der Waals surface area contributed by atoms with Crippen LogP contribution in [0, 0.1) is 5.82 Å². The molecule has 3 rings (SSSR count). The first-order valence-corrected chi connectivity index (χ1v) is 7.43. The summed E-state index contributed by atoms with van der Waals surface area (Å²) in [5.41, 5.74) is 2.55. The number of halogens is 1. The number of carbonyl (C=O) groups is 1. The summed E-state index contributed by atoms with van der Waals surface area (Å²) in [6.07, 6.45) is 0. The summed E-state index contributed by atoms with van der Waals surface area (Å²) in [7, 11) is 0. The van der Waals surface area contributed by atoms with Gasteiger partial charge in [0.2, 0.25) is 0 Å². The summed E-state index contributed by atoms with van der Waals surface area (Å²) in [5.74, 6) is -0.222. The number of hydrogen-bond donors (Lipinski definition) is 1. The number of carboxylic acids is 1. The van der Waals surface area contributed by atoms with Crippen molar-refractivity contribution >= 4 is 17.0 Å². The smallest absolute Gasteiger partial charge is 0.335 e. The average molecular weight is 312 g/mol. The van der Waals surface area contributed by atoms with Crippen LogP contribution in [0.2, 0.25) is 0 Å². The van der Waals surface area contributed by atoms with Crippen LogP contribution in [-0.4, -0.2) is 20.6 Å². The van der Waals surface area contributed by atoms with E-state index in [-0.39, 0.29) is 17.3 Å². The second-order valence-electron chi connectivity index (χ2n) is 5.85. The van der Waals surface area contributed by atoms with Crippen LogP contribution in [0.15, 0.2) is 42.5 Å². The molecule has 0 fully saturated rings. The van der Waals surface area contributed by atoms with E-state index in [2.05, 4.69) is 4.98 Å². The highest BCUT2D eigenvalue weighted by molar-refractivity contribution is 5.92. The molecule has 0 saturated carbocycles. The SMILES string of the molecule is CC(C)c1nc2cc(C(=O)O)ccc2n1Cc1cccc(F)c1. The fourth-order valence-corrected chi connectivity index (χ4v) is 2.71. The summed E-state index contributed by atoms with van der Waals surface area (Å²) < 4.78 is 15.4. The fourth-order valence-electron chi connectivity index (χ4n) is 2.71. The van der Waals surface area contributed by atoms with Crippen LogP contribution in [0.1, 0.15) is 41.5 Å². The standard InChI is InChI=1S/C18H17FN2O2/c1-11(2)17-20-15-9-13(18(22)23)6-7-16(15)21(17)10-12-4-3-5-14(19)8-12/h3-9,11H,10H2,1-2H3,(H,22,23). The molecule has 1 heterocycles. The Morgan fingerprint density at radius 3 is 2.70 bits per heavy atom. The molecule has 0 bridgehead atoms. The number of fused-ring (bicyclic) bond motifs is 1. The molecular weight excluding hydrogens is 295 g/mol. The number of hydrogen-bond acceptors (Lipinski definition) is 2. The Balaban J connectivity index is 2.13. The maximum atomic E-state index is 13.4. The molecule has 1 N–H and O–H groups in total. The van der Waals surface area contributed by atoms with Crippen LogP contribution in [0.3, 0.4) is 0 Å². The summed E-state index contributed by atoms with van der Waals surface area (Å²) in [6.45, 7) is 4.55. The molecule has 3 aromatic rings. The maximum absolute atomic E-state index is 13.4. The van der Waals surface area contributed by atoms with E-state index >= 15 is 0 Å². The quantitative estimate of drug-likeness (QED) is 0.791. The predicted octanol–water partition coefficient (Wildman–Crippen LogP) is 4.05. The van der Waals surface area contributed by atoms with Gasteiger partial charge in [0, 0.05) is 12.5 Å². The van der Waals surface area contributed by atoms with E-state index in [9.17, 15) is 9.18 Å². The van der Waals surface area contributed by atoms with Gasteiger partial charge in [-0.3, -0.25) is 0 Å². The normalized spacial score (nSPS) is 11.3. The van der Waals surface area contributed by atoms with E-state index in [0.29, 0.717) is 12.1 Å². The molecule has 0 unspecified atom stereocenters. The third-order valence-electron chi connectivity index (χ3n) is 3.77. The van der Waals surface area contributed by atoms with Gasteiger partial charge in [-0.05, 0) is 35.9 Å². The average Bonchev–Trinajstić information content (AvgIpc) is 2.85. The minimum atomic E-state index is -0.974. The Bertz CT molecular complexity index is 884. The third kappa shape index (κ3) is 2.95.